The number of aryl methyl sites for hydroxylation is 1. The Morgan fingerprint density at radius 2 is 1.90 bits per heavy atom. The van der Waals surface area contributed by atoms with Crippen molar-refractivity contribution in [3.8, 4) is 0 Å². The monoisotopic (exact) mass is 296 g/mol. The summed E-state index contributed by atoms with van der Waals surface area (Å²) in [4.78, 5) is 5.45. The predicted molar refractivity (Wildman–Crippen MR) is 91.4 cm³/mol. The molecule has 0 aliphatic rings. The second-order valence-corrected chi connectivity index (χ2v) is 7.55. The van der Waals surface area contributed by atoms with Gasteiger partial charge < -0.3 is 5.32 Å². The molecule has 116 valence electrons. The van der Waals surface area contributed by atoms with E-state index in [0.717, 1.165) is 25.6 Å². The Morgan fingerprint density at radius 3 is 2.45 bits per heavy atom. The summed E-state index contributed by atoms with van der Waals surface area (Å²) in [6.07, 6.45) is 2.47. The molecule has 0 unspecified atom stereocenters. The Labute approximate surface area is 129 Å². The molecule has 2 nitrogen and oxygen atoms in total. The summed E-state index contributed by atoms with van der Waals surface area (Å²) in [6.45, 7) is 14.5. The first-order valence-electron chi connectivity index (χ1n) is 7.97. The fourth-order valence-electron chi connectivity index (χ4n) is 2.63. The zero-order chi connectivity index (χ0) is 15.1. The molecule has 0 aliphatic heterocycles. The fourth-order valence-corrected chi connectivity index (χ4v) is 3.65. The molecule has 1 aromatic rings. The highest BCUT2D eigenvalue weighted by atomic mass is 32.1. The van der Waals surface area contributed by atoms with E-state index in [-0.39, 0.29) is 0 Å². The van der Waals surface area contributed by atoms with Gasteiger partial charge in [-0.15, -0.1) is 11.3 Å². The maximum absolute atomic E-state index is 3.54. The molecule has 0 bridgehead atoms. The zero-order valence-corrected chi connectivity index (χ0v) is 14.9. The summed E-state index contributed by atoms with van der Waals surface area (Å²) in [5, 5.41) is 3.54. The van der Waals surface area contributed by atoms with Crippen LogP contribution < -0.4 is 5.32 Å². The van der Waals surface area contributed by atoms with Crippen molar-refractivity contribution in [2.24, 2.45) is 5.92 Å². The molecule has 1 heterocycles. The summed E-state index contributed by atoms with van der Waals surface area (Å²) >= 11 is 1.95. The summed E-state index contributed by atoms with van der Waals surface area (Å²) in [5.41, 5.74) is 1.51. The van der Waals surface area contributed by atoms with Gasteiger partial charge in [-0.1, -0.05) is 27.7 Å². The van der Waals surface area contributed by atoms with Gasteiger partial charge in [0.05, 0.1) is 0 Å². The van der Waals surface area contributed by atoms with Crippen LogP contribution in [0.15, 0.2) is 6.07 Å². The van der Waals surface area contributed by atoms with Crippen LogP contribution in [0.1, 0.15) is 55.9 Å². The second kappa shape index (κ2) is 8.81. The van der Waals surface area contributed by atoms with E-state index in [9.17, 15) is 0 Å². The van der Waals surface area contributed by atoms with Crippen molar-refractivity contribution in [1.29, 1.82) is 0 Å². The van der Waals surface area contributed by atoms with E-state index >= 15 is 0 Å². The molecule has 0 saturated carbocycles. The van der Waals surface area contributed by atoms with Gasteiger partial charge in [-0.3, -0.25) is 4.90 Å². The van der Waals surface area contributed by atoms with Crippen LogP contribution >= 0.6 is 11.3 Å². The van der Waals surface area contributed by atoms with E-state index in [4.69, 9.17) is 0 Å². The normalized spacial score (nSPS) is 12.1. The molecule has 0 fully saturated rings. The van der Waals surface area contributed by atoms with Crippen LogP contribution in [0.3, 0.4) is 0 Å². The van der Waals surface area contributed by atoms with Gasteiger partial charge in [0.2, 0.25) is 0 Å². The highest BCUT2D eigenvalue weighted by Crippen LogP contribution is 2.24. The van der Waals surface area contributed by atoms with Gasteiger partial charge in [-0.25, -0.2) is 0 Å². The molecule has 0 spiro atoms. The van der Waals surface area contributed by atoms with Crippen molar-refractivity contribution in [1.82, 2.24) is 10.2 Å². The van der Waals surface area contributed by atoms with Crippen molar-refractivity contribution in [3.05, 3.63) is 21.4 Å². The van der Waals surface area contributed by atoms with Gasteiger partial charge in [-0.05, 0) is 50.9 Å². The van der Waals surface area contributed by atoms with Crippen molar-refractivity contribution < 1.29 is 0 Å². The van der Waals surface area contributed by atoms with Crippen LogP contribution in [0, 0.1) is 12.8 Å². The molecule has 1 aromatic heterocycles. The molecule has 0 radical (unpaired) electrons. The average molecular weight is 297 g/mol. The molecule has 1 rings (SSSR count). The van der Waals surface area contributed by atoms with Crippen molar-refractivity contribution in [2.45, 2.75) is 66.6 Å². The maximum atomic E-state index is 3.54. The third-order valence-electron chi connectivity index (χ3n) is 3.91. The molecule has 20 heavy (non-hydrogen) atoms. The van der Waals surface area contributed by atoms with E-state index in [2.05, 4.69) is 57.9 Å². The van der Waals surface area contributed by atoms with Crippen molar-refractivity contribution in [3.63, 3.8) is 0 Å². The van der Waals surface area contributed by atoms with Gasteiger partial charge in [0.25, 0.3) is 0 Å². The molecule has 1 N–H and O–H groups in total. The van der Waals surface area contributed by atoms with Gasteiger partial charge >= 0.3 is 0 Å². The molecule has 0 aliphatic carbocycles. The van der Waals surface area contributed by atoms with Crippen LogP contribution in [-0.2, 0) is 13.1 Å². The first-order chi connectivity index (χ1) is 9.47. The lowest BCUT2D eigenvalue weighted by Crippen LogP contribution is -2.30. The van der Waals surface area contributed by atoms with Gasteiger partial charge in [0.15, 0.2) is 0 Å². The average Bonchev–Trinajstić information content (AvgIpc) is 2.71. The Kier molecular flexibility index (Phi) is 7.78. The van der Waals surface area contributed by atoms with Gasteiger partial charge in [0.1, 0.15) is 0 Å². The number of hydrogen-bond acceptors (Lipinski definition) is 3. The van der Waals surface area contributed by atoms with Crippen LogP contribution in [0.5, 0.6) is 0 Å². The number of nitrogens with zero attached hydrogens (tertiary/aromatic N) is 1. The van der Waals surface area contributed by atoms with E-state index in [1.807, 2.05) is 11.3 Å². The Morgan fingerprint density at radius 1 is 1.25 bits per heavy atom. The van der Waals surface area contributed by atoms with Crippen LogP contribution in [0.4, 0.5) is 0 Å². The standard InChI is InChI=1S/C17H32N2S/c1-7-16(8-2)19(6)12-15-9-17(20-14(15)5)11-18-10-13(3)4/h9,13,16,18H,7-8,10-12H2,1-6H3. The highest BCUT2D eigenvalue weighted by molar-refractivity contribution is 7.12. The number of nitrogens with one attached hydrogen (secondary N) is 1. The Hall–Kier alpha value is -0.380. The number of rotatable bonds is 9. The SMILES string of the molecule is CCC(CC)N(C)Cc1cc(CNCC(C)C)sc1C. The van der Waals surface area contributed by atoms with E-state index < -0.39 is 0 Å². The van der Waals surface area contributed by atoms with Crippen LogP contribution in [0.25, 0.3) is 0 Å². The first-order valence-corrected chi connectivity index (χ1v) is 8.78. The minimum Gasteiger partial charge on any atom is -0.312 e. The predicted octanol–water partition coefficient (Wildman–Crippen LogP) is 4.42. The van der Waals surface area contributed by atoms with E-state index in [0.29, 0.717) is 6.04 Å². The molecule has 3 heteroatoms. The minimum atomic E-state index is 0.705. The lowest BCUT2D eigenvalue weighted by Gasteiger charge is -2.25. The van der Waals surface area contributed by atoms with Crippen molar-refractivity contribution in [2.75, 3.05) is 13.6 Å². The number of hydrogen-bond donors (Lipinski definition) is 1. The summed E-state index contributed by atoms with van der Waals surface area (Å²) < 4.78 is 0. The summed E-state index contributed by atoms with van der Waals surface area (Å²) in [6, 6.07) is 3.10. The van der Waals surface area contributed by atoms with Gasteiger partial charge in [-0.2, -0.15) is 0 Å². The molecule has 0 aromatic carbocycles. The summed E-state index contributed by atoms with van der Waals surface area (Å²) in [5.74, 6) is 0.719. The summed E-state index contributed by atoms with van der Waals surface area (Å²) in [7, 11) is 2.26. The fraction of sp³-hybridized carbons (Fsp3) is 0.765. The highest BCUT2D eigenvalue weighted by Gasteiger charge is 2.13. The topological polar surface area (TPSA) is 15.3 Å². The van der Waals surface area contributed by atoms with Crippen LogP contribution in [-0.4, -0.2) is 24.5 Å². The number of thiophene rings is 1. The lowest BCUT2D eigenvalue weighted by atomic mass is 10.1. The lowest BCUT2D eigenvalue weighted by molar-refractivity contribution is 0.221. The molecule has 0 atom stereocenters. The first kappa shape index (κ1) is 17.7. The zero-order valence-electron chi connectivity index (χ0n) is 14.1. The Balaban J connectivity index is 2.56. The van der Waals surface area contributed by atoms with Crippen molar-refractivity contribution >= 4 is 11.3 Å². The van der Waals surface area contributed by atoms with E-state index in [1.54, 1.807) is 0 Å². The second-order valence-electron chi connectivity index (χ2n) is 6.20. The molecular formula is C17H32N2S. The van der Waals surface area contributed by atoms with E-state index in [1.165, 1.54) is 28.2 Å². The maximum Gasteiger partial charge on any atom is 0.0300 e. The minimum absolute atomic E-state index is 0.705. The third-order valence-corrected chi connectivity index (χ3v) is 5.00. The molecular weight excluding hydrogens is 264 g/mol. The smallest absolute Gasteiger partial charge is 0.0300 e. The Bertz CT molecular complexity index is 380. The molecule has 0 amide bonds. The van der Waals surface area contributed by atoms with Crippen LogP contribution in [0.2, 0.25) is 0 Å². The van der Waals surface area contributed by atoms with Gasteiger partial charge in [0, 0.05) is 28.9 Å². The third kappa shape index (κ3) is 5.55. The largest absolute Gasteiger partial charge is 0.312 e. The molecule has 0 saturated heterocycles. The quantitative estimate of drug-likeness (QED) is 0.725.